The molecule has 0 saturated carbocycles. The predicted molar refractivity (Wildman–Crippen MR) is 68.1 cm³/mol. The lowest BCUT2D eigenvalue weighted by Crippen LogP contribution is -2.20. The first-order valence-corrected chi connectivity index (χ1v) is 5.83. The van der Waals surface area contributed by atoms with Crippen LogP contribution in [0.2, 0.25) is 0 Å². The molecule has 3 nitrogen and oxygen atoms in total. The minimum Gasteiger partial charge on any atom is -0.497 e. The Bertz CT molecular complexity index is 460. The van der Waals surface area contributed by atoms with Crippen LogP contribution in [0.25, 0.3) is 0 Å². The van der Waals surface area contributed by atoms with E-state index in [0.717, 1.165) is 30.7 Å². The summed E-state index contributed by atoms with van der Waals surface area (Å²) in [6.07, 6.45) is 7.62. The topological polar surface area (TPSA) is 45.0 Å². The molecule has 17 heavy (non-hydrogen) atoms. The second-order valence-electron chi connectivity index (χ2n) is 4.15. The Morgan fingerprint density at radius 3 is 2.94 bits per heavy atom. The quantitative estimate of drug-likeness (QED) is 0.808. The Labute approximate surface area is 102 Å². The average molecular weight is 228 g/mol. The van der Waals surface area contributed by atoms with E-state index in [-0.39, 0.29) is 0 Å². The first-order valence-electron chi connectivity index (χ1n) is 5.83. The highest BCUT2D eigenvalue weighted by molar-refractivity contribution is 5.61. The summed E-state index contributed by atoms with van der Waals surface area (Å²) in [5.41, 5.74) is 1.53. The second-order valence-corrected chi connectivity index (χ2v) is 4.15. The molecule has 2 rings (SSSR count). The van der Waals surface area contributed by atoms with Crippen LogP contribution in [0.3, 0.4) is 0 Å². The Morgan fingerprint density at radius 1 is 1.41 bits per heavy atom. The first-order chi connectivity index (χ1) is 8.33. The highest BCUT2D eigenvalue weighted by Crippen LogP contribution is 2.25. The maximum absolute atomic E-state index is 9.07. The third-order valence-electron chi connectivity index (χ3n) is 2.98. The molecule has 1 aromatic carbocycles. The van der Waals surface area contributed by atoms with E-state index in [4.69, 9.17) is 10.00 Å². The number of anilines is 1. The molecule has 1 aromatic rings. The van der Waals surface area contributed by atoms with Gasteiger partial charge in [-0.3, -0.25) is 0 Å². The Morgan fingerprint density at radius 2 is 2.29 bits per heavy atom. The smallest absolute Gasteiger partial charge is 0.121 e. The zero-order valence-electron chi connectivity index (χ0n) is 9.94. The van der Waals surface area contributed by atoms with Gasteiger partial charge in [-0.25, -0.2) is 0 Å². The van der Waals surface area contributed by atoms with Gasteiger partial charge in [0.2, 0.25) is 0 Å². The first kappa shape index (κ1) is 11.5. The van der Waals surface area contributed by atoms with E-state index < -0.39 is 0 Å². The van der Waals surface area contributed by atoms with Crippen molar-refractivity contribution < 1.29 is 4.74 Å². The summed E-state index contributed by atoms with van der Waals surface area (Å²) in [6, 6.07) is 8.10. The van der Waals surface area contributed by atoms with E-state index in [9.17, 15) is 0 Å². The van der Waals surface area contributed by atoms with Gasteiger partial charge in [-0.15, -0.1) is 0 Å². The van der Waals surface area contributed by atoms with Crippen molar-refractivity contribution in [1.29, 1.82) is 5.26 Å². The molecule has 1 atom stereocenters. The number of ether oxygens (including phenoxy) is 1. The number of nitrogens with zero attached hydrogens (tertiary/aromatic N) is 1. The molecule has 0 aliphatic heterocycles. The van der Waals surface area contributed by atoms with Crippen LogP contribution >= 0.6 is 0 Å². The fourth-order valence-electron chi connectivity index (χ4n) is 2.01. The van der Waals surface area contributed by atoms with Gasteiger partial charge in [0.25, 0.3) is 0 Å². The van der Waals surface area contributed by atoms with E-state index in [0.29, 0.717) is 11.6 Å². The zero-order valence-corrected chi connectivity index (χ0v) is 9.94. The molecule has 0 fully saturated rings. The van der Waals surface area contributed by atoms with Crippen LogP contribution in [0.15, 0.2) is 30.4 Å². The third kappa shape index (κ3) is 2.79. The predicted octanol–water partition coefficient (Wildman–Crippen LogP) is 3.09. The van der Waals surface area contributed by atoms with Gasteiger partial charge >= 0.3 is 0 Å². The maximum Gasteiger partial charge on any atom is 0.121 e. The van der Waals surface area contributed by atoms with Gasteiger partial charge in [0, 0.05) is 12.1 Å². The molecule has 1 unspecified atom stereocenters. The summed E-state index contributed by atoms with van der Waals surface area (Å²) in [5.74, 6) is 0.776. The number of nitrogens with one attached hydrogen (secondary N) is 1. The molecule has 1 N–H and O–H groups in total. The molecule has 1 aliphatic rings. The minimum atomic E-state index is 0.416. The van der Waals surface area contributed by atoms with Gasteiger partial charge < -0.3 is 10.1 Å². The highest BCUT2D eigenvalue weighted by Gasteiger charge is 2.12. The SMILES string of the molecule is COc1ccc(C#N)c(NC2CC=CCC2)c1. The second kappa shape index (κ2) is 5.40. The van der Waals surface area contributed by atoms with Crippen molar-refractivity contribution >= 4 is 5.69 Å². The van der Waals surface area contributed by atoms with E-state index in [1.54, 1.807) is 13.2 Å². The molecule has 0 aromatic heterocycles. The summed E-state index contributed by atoms with van der Waals surface area (Å²) in [4.78, 5) is 0. The average Bonchev–Trinajstić information content (AvgIpc) is 2.40. The van der Waals surface area contributed by atoms with Crippen LogP contribution in [-0.4, -0.2) is 13.2 Å². The van der Waals surface area contributed by atoms with E-state index in [1.165, 1.54) is 0 Å². The molecule has 0 radical (unpaired) electrons. The van der Waals surface area contributed by atoms with Crippen LogP contribution in [0.5, 0.6) is 5.75 Å². The monoisotopic (exact) mass is 228 g/mol. The fourth-order valence-corrected chi connectivity index (χ4v) is 2.01. The standard InChI is InChI=1S/C14H16N2O/c1-17-13-8-7-11(10-15)14(9-13)16-12-5-3-2-4-6-12/h2-3,7-9,12,16H,4-6H2,1H3. The van der Waals surface area contributed by atoms with E-state index in [2.05, 4.69) is 23.5 Å². The Kier molecular flexibility index (Phi) is 3.66. The Hall–Kier alpha value is -1.95. The van der Waals surface area contributed by atoms with Crippen LogP contribution in [-0.2, 0) is 0 Å². The van der Waals surface area contributed by atoms with Gasteiger partial charge in [-0.1, -0.05) is 12.2 Å². The largest absolute Gasteiger partial charge is 0.497 e. The minimum absolute atomic E-state index is 0.416. The zero-order chi connectivity index (χ0) is 12.1. The number of allylic oxidation sites excluding steroid dienone is 1. The van der Waals surface area contributed by atoms with Gasteiger partial charge in [0.15, 0.2) is 0 Å². The number of rotatable bonds is 3. The number of nitriles is 1. The molecule has 88 valence electrons. The van der Waals surface area contributed by atoms with Crippen molar-refractivity contribution in [2.24, 2.45) is 0 Å². The van der Waals surface area contributed by atoms with Gasteiger partial charge in [-0.2, -0.15) is 5.26 Å². The summed E-state index contributed by atoms with van der Waals surface area (Å²) < 4.78 is 5.18. The van der Waals surface area contributed by atoms with Crippen LogP contribution in [0.1, 0.15) is 24.8 Å². The van der Waals surface area contributed by atoms with Gasteiger partial charge in [0.1, 0.15) is 11.8 Å². The van der Waals surface area contributed by atoms with E-state index >= 15 is 0 Å². The lowest BCUT2D eigenvalue weighted by molar-refractivity contribution is 0.415. The molecule has 0 bridgehead atoms. The van der Waals surface area contributed by atoms with Crippen LogP contribution in [0, 0.1) is 11.3 Å². The Balaban J connectivity index is 2.18. The normalized spacial score (nSPS) is 18.5. The van der Waals surface area contributed by atoms with Crippen molar-refractivity contribution in [2.75, 3.05) is 12.4 Å². The highest BCUT2D eigenvalue weighted by atomic mass is 16.5. The molecule has 0 heterocycles. The van der Waals surface area contributed by atoms with Crippen LogP contribution in [0.4, 0.5) is 5.69 Å². The lowest BCUT2D eigenvalue weighted by atomic mass is 10.0. The molecule has 0 spiro atoms. The molecule has 3 heteroatoms. The van der Waals surface area contributed by atoms with Crippen LogP contribution < -0.4 is 10.1 Å². The lowest BCUT2D eigenvalue weighted by Gasteiger charge is -2.21. The number of methoxy groups -OCH3 is 1. The van der Waals surface area contributed by atoms with Crippen molar-refractivity contribution in [1.82, 2.24) is 0 Å². The summed E-state index contributed by atoms with van der Waals surface area (Å²) in [7, 11) is 1.63. The number of hydrogen-bond donors (Lipinski definition) is 1. The molecule has 0 amide bonds. The molecule has 1 aliphatic carbocycles. The van der Waals surface area contributed by atoms with E-state index in [1.807, 2.05) is 12.1 Å². The fraction of sp³-hybridized carbons (Fsp3) is 0.357. The molecular formula is C14H16N2O. The van der Waals surface area contributed by atoms with Gasteiger partial charge in [-0.05, 0) is 31.4 Å². The summed E-state index contributed by atoms with van der Waals surface area (Å²) in [5, 5.41) is 12.5. The van der Waals surface area contributed by atoms with Crippen molar-refractivity contribution in [2.45, 2.75) is 25.3 Å². The van der Waals surface area contributed by atoms with Crippen molar-refractivity contribution in [3.63, 3.8) is 0 Å². The third-order valence-corrected chi connectivity index (χ3v) is 2.98. The number of benzene rings is 1. The summed E-state index contributed by atoms with van der Waals surface area (Å²) >= 11 is 0. The summed E-state index contributed by atoms with van der Waals surface area (Å²) in [6.45, 7) is 0. The number of hydrogen-bond acceptors (Lipinski definition) is 3. The van der Waals surface area contributed by atoms with Gasteiger partial charge in [0.05, 0.1) is 18.4 Å². The molecular weight excluding hydrogens is 212 g/mol. The van der Waals surface area contributed by atoms with Crippen molar-refractivity contribution in [3.8, 4) is 11.8 Å². The van der Waals surface area contributed by atoms with Crippen molar-refractivity contribution in [3.05, 3.63) is 35.9 Å². The molecule has 0 saturated heterocycles. The maximum atomic E-state index is 9.07.